The van der Waals surface area contributed by atoms with Gasteiger partial charge in [0.15, 0.2) is 0 Å². The SMILES string of the molecule is CNC1CCCC(Cc2cccs2)C1. The summed E-state index contributed by atoms with van der Waals surface area (Å²) in [5.41, 5.74) is 0. The summed E-state index contributed by atoms with van der Waals surface area (Å²) < 4.78 is 0. The maximum absolute atomic E-state index is 3.42. The van der Waals surface area contributed by atoms with Gasteiger partial charge < -0.3 is 5.32 Å². The first kappa shape index (κ1) is 10.2. The third-order valence-corrected chi connectivity index (χ3v) is 4.16. The number of thiophene rings is 1. The van der Waals surface area contributed by atoms with Gasteiger partial charge >= 0.3 is 0 Å². The first-order valence-corrected chi connectivity index (χ1v) is 6.46. The predicted octanol–water partition coefficient (Wildman–Crippen LogP) is 3.07. The van der Waals surface area contributed by atoms with Gasteiger partial charge in [-0.25, -0.2) is 0 Å². The minimum absolute atomic E-state index is 0.772. The lowest BCUT2D eigenvalue weighted by Gasteiger charge is -2.28. The van der Waals surface area contributed by atoms with Gasteiger partial charge in [-0.15, -0.1) is 11.3 Å². The van der Waals surface area contributed by atoms with Crippen molar-refractivity contribution in [3.05, 3.63) is 22.4 Å². The Labute approximate surface area is 90.5 Å². The van der Waals surface area contributed by atoms with Crippen molar-refractivity contribution in [1.82, 2.24) is 5.32 Å². The van der Waals surface area contributed by atoms with E-state index in [-0.39, 0.29) is 0 Å². The Morgan fingerprint density at radius 2 is 2.43 bits per heavy atom. The van der Waals surface area contributed by atoms with Gasteiger partial charge in [0.05, 0.1) is 0 Å². The quantitative estimate of drug-likeness (QED) is 0.806. The van der Waals surface area contributed by atoms with Crippen molar-refractivity contribution < 1.29 is 0 Å². The molecule has 78 valence electrons. The van der Waals surface area contributed by atoms with Gasteiger partial charge in [-0.3, -0.25) is 0 Å². The maximum Gasteiger partial charge on any atom is 0.00668 e. The average Bonchev–Trinajstić information content (AvgIpc) is 2.71. The van der Waals surface area contributed by atoms with Crippen molar-refractivity contribution >= 4 is 11.3 Å². The molecule has 1 aliphatic carbocycles. The number of nitrogens with one attached hydrogen (secondary N) is 1. The van der Waals surface area contributed by atoms with Crippen molar-refractivity contribution in [2.24, 2.45) is 5.92 Å². The first-order chi connectivity index (χ1) is 6.88. The van der Waals surface area contributed by atoms with Crippen LogP contribution in [0.5, 0.6) is 0 Å². The molecule has 14 heavy (non-hydrogen) atoms. The molecule has 2 heteroatoms. The minimum atomic E-state index is 0.772. The molecule has 1 aliphatic rings. The zero-order valence-electron chi connectivity index (χ0n) is 8.83. The van der Waals surface area contributed by atoms with Gasteiger partial charge in [0.2, 0.25) is 0 Å². The number of rotatable bonds is 3. The summed E-state index contributed by atoms with van der Waals surface area (Å²) >= 11 is 1.90. The molecule has 1 saturated carbocycles. The Hall–Kier alpha value is -0.340. The van der Waals surface area contributed by atoms with Crippen LogP contribution in [0.15, 0.2) is 17.5 Å². The minimum Gasteiger partial charge on any atom is -0.317 e. The van der Waals surface area contributed by atoms with Crippen molar-refractivity contribution in [2.45, 2.75) is 38.1 Å². The molecule has 0 aliphatic heterocycles. The molecular weight excluding hydrogens is 190 g/mol. The fourth-order valence-corrected chi connectivity index (χ4v) is 3.27. The molecule has 1 N–H and O–H groups in total. The van der Waals surface area contributed by atoms with Crippen LogP contribution in [0.4, 0.5) is 0 Å². The molecule has 0 amide bonds. The van der Waals surface area contributed by atoms with Crippen LogP contribution in [0.1, 0.15) is 30.6 Å². The Kier molecular flexibility index (Phi) is 3.60. The zero-order valence-corrected chi connectivity index (χ0v) is 9.65. The van der Waals surface area contributed by atoms with Crippen LogP contribution in [0.3, 0.4) is 0 Å². The molecule has 0 aromatic carbocycles. The fourth-order valence-electron chi connectivity index (χ4n) is 2.45. The highest BCUT2D eigenvalue weighted by Crippen LogP contribution is 2.28. The summed E-state index contributed by atoms with van der Waals surface area (Å²) in [5, 5.41) is 5.61. The van der Waals surface area contributed by atoms with Gasteiger partial charge in [0.25, 0.3) is 0 Å². The highest BCUT2D eigenvalue weighted by molar-refractivity contribution is 7.09. The van der Waals surface area contributed by atoms with E-state index in [0.717, 1.165) is 12.0 Å². The second-order valence-electron chi connectivity index (χ2n) is 4.30. The highest BCUT2D eigenvalue weighted by atomic mass is 32.1. The van der Waals surface area contributed by atoms with Crippen molar-refractivity contribution in [1.29, 1.82) is 0 Å². The largest absolute Gasteiger partial charge is 0.317 e. The Morgan fingerprint density at radius 3 is 3.14 bits per heavy atom. The van der Waals surface area contributed by atoms with E-state index in [1.54, 1.807) is 4.88 Å². The van der Waals surface area contributed by atoms with Crippen LogP contribution in [0, 0.1) is 5.92 Å². The molecule has 1 nitrogen and oxygen atoms in total. The van der Waals surface area contributed by atoms with Crippen LogP contribution < -0.4 is 5.32 Å². The highest BCUT2D eigenvalue weighted by Gasteiger charge is 2.20. The van der Waals surface area contributed by atoms with Gasteiger partial charge in [-0.05, 0) is 50.1 Å². The molecular formula is C12H19NS. The van der Waals surface area contributed by atoms with Crippen LogP contribution in [0.25, 0.3) is 0 Å². The molecule has 1 heterocycles. The molecule has 2 atom stereocenters. The van der Waals surface area contributed by atoms with Crippen LogP contribution in [-0.2, 0) is 6.42 Å². The van der Waals surface area contributed by atoms with Gasteiger partial charge in [-0.1, -0.05) is 12.5 Å². The van der Waals surface area contributed by atoms with Crippen LogP contribution in [0.2, 0.25) is 0 Å². The van der Waals surface area contributed by atoms with E-state index in [0.29, 0.717) is 0 Å². The lowest BCUT2D eigenvalue weighted by atomic mass is 9.83. The number of hydrogen-bond donors (Lipinski definition) is 1. The molecule has 0 spiro atoms. The molecule has 2 rings (SSSR count). The van der Waals surface area contributed by atoms with Crippen LogP contribution in [-0.4, -0.2) is 13.1 Å². The summed E-state index contributed by atoms with van der Waals surface area (Å²) in [7, 11) is 2.10. The average molecular weight is 209 g/mol. The smallest absolute Gasteiger partial charge is 0.00668 e. The summed E-state index contributed by atoms with van der Waals surface area (Å²) in [6.07, 6.45) is 6.87. The topological polar surface area (TPSA) is 12.0 Å². The molecule has 2 unspecified atom stereocenters. The first-order valence-electron chi connectivity index (χ1n) is 5.58. The molecule has 1 aromatic rings. The van der Waals surface area contributed by atoms with E-state index in [4.69, 9.17) is 0 Å². The van der Waals surface area contributed by atoms with Crippen molar-refractivity contribution in [3.63, 3.8) is 0 Å². The Bertz CT molecular complexity index is 255. The lowest BCUT2D eigenvalue weighted by molar-refractivity contribution is 0.295. The van der Waals surface area contributed by atoms with E-state index >= 15 is 0 Å². The monoisotopic (exact) mass is 209 g/mol. The van der Waals surface area contributed by atoms with Gasteiger partial charge in [-0.2, -0.15) is 0 Å². The van der Waals surface area contributed by atoms with Crippen LogP contribution >= 0.6 is 11.3 Å². The zero-order chi connectivity index (χ0) is 9.80. The fraction of sp³-hybridized carbons (Fsp3) is 0.667. The Balaban J connectivity index is 1.86. The normalized spacial score (nSPS) is 27.8. The molecule has 0 bridgehead atoms. The van der Waals surface area contributed by atoms with E-state index < -0.39 is 0 Å². The third-order valence-electron chi connectivity index (χ3n) is 3.26. The third kappa shape index (κ3) is 2.58. The van der Waals surface area contributed by atoms with E-state index in [2.05, 4.69) is 29.9 Å². The second kappa shape index (κ2) is 4.94. The van der Waals surface area contributed by atoms with E-state index in [1.165, 1.54) is 32.1 Å². The standard InChI is InChI=1S/C12H19NS/c1-13-11-5-2-4-10(8-11)9-12-6-3-7-14-12/h3,6-7,10-11,13H,2,4-5,8-9H2,1H3. The molecule has 0 radical (unpaired) electrons. The summed E-state index contributed by atoms with van der Waals surface area (Å²) in [6.45, 7) is 0. The molecule has 1 aromatic heterocycles. The number of hydrogen-bond acceptors (Lipinski definition) is 2. The maximum atomic E-state index is 3.42. The summed E-state index contributed by atoms with van der Waals surface area (Å²) in [5.74, 6) is 0.917. The predicted molar refractivity (Wildman–Crippen MR) is 62.8 cm³/mol. The van der Waals surface area contributed by atoms with Gasteiger partial charge in [0.1, 0.15) is 0 Å². The lowest BCUT2D eigenvalue weighted by Crippen LogP contribution is -2.31. The molecule has 1 fully saturated rings. The summed E-state index contributed by atoms with van der Waals surface area (Å²) in [6, 6.07) is 5.21. The van der Waals surface area contributed by atoms with Crippen molar-refractivity contribution in [2.75, 3.05) is 7.05 Å². The molecule has 0 saturated heterocycles. The Morgan fingerprint density at radius 1 is 1.50 bits per heavy atom. The van der Waals surface area contributed by atoms with Gasteiger partial charge in [0, 0.05) is 10.9 Å². The second-order valence-corrected chi connectivity index (χ2v) is 5.33. The van der Waals surface area contributed by atoms with E-state index in [9.17, 15) is 0 Å². The van der Waals surface area contributed by atoms with Crippen molar-refractivity contribution in [3.8, 4) is 0 Å². The van der Waals surface area contributed by atoms with E-state index in [1.807, 2.05) is 11.3 Å². The summed E-state index contributed by atoms with van der Waals surface area (Å²) in [4.78, 5) is 1.56.